The Morgan fingerprint density at radius 1 is 1.17 bits per heavy atom. The van der Waals surface area contributed by atoms with Crippen LogP contribution in [0, 0.1) is 6.92 Å². The zero-order valence-electron chi connectivity index (χ0n) is 13.9. The average Bonchev–Trinajstić information content (AvgIpc) is 2.63. The van der Waals surface area contributed by atoms with Crippen LogP contribution < -0.4 is 4.90 Å². The SMILES string of the molecule is Cc1ccc(CCC(=O)N2CCN(c3ccccn3)CC2)cc1Cl. The van der Waals surface area contributed by atoms with Crippen LogP contribution >= 0.6 is 11.6 Å². The minimum Gasteiger partial charge on any atom is -0.353 e. The third-order valence-corrected chi connectivity index (χ3v) is 4.88. The molecule has 1 aliphatic rings. The summed E-state index contributed by atoms with van der Waals surface area (Å²) in [6.45, 7) is 5.16. The molecule has 1 fully saturated rings. The van der Waals surface area contributed by atoms with Crippen LogP contribution in [0.4, 0.5) is 5.82 Å². The fraction of sp³-hybridized carbons (Fsp3) is 0.368. The van der Waals surface area contributed by atoms with E-state index >= 15 is 0 Å². The second kappa shape index (κ2) is 7.67. The normalized spacial score (nSPS) is 14.8. The number of amides is 1. The molecule has 0 N–H and O–H groups in total. The number of halogens is 1. The summed E-state index contributed by atoms with van der Waals surface area (Å²) in [6.07, 6.45) is 3.07. The molecule has 0 bridgehead atoms. The van der Waals surface area contributed by atoms with Crippen LogP contribution in [0.3, 0.4) is 0 Å². The van der Waals surface area contributed by atoms with Gasteiger partial charge in [-0.2, -0.15) is 0 Å². The maximum absolute atomic E-state index is 12.4. The summed E-state index contributed by atoms with van der Waals surface area (Å²) in [5.74, 6) is 1.20. The molecule has 0 atom stereocenters. The Morgan fingerprint density at radius 2 is 1.96 bits per heavy atom. The lowest BCUT2D eigenvalue weighted by Gasteiger charge is -2.35. The standard InChI is InChI=1S/C19H22ClN3O/c1-15-5-6-16(14-17(15)20)7-8-19(24)23-12-10-22(11-13-23)18-4-2-3-9-21-18/h2-6,9,14H,7-8,10-13H2,1H3. The molecule has 1 aromatic heterocycles. The predicted molar refractivity (Wildman–Crippen MR) is 97.5 cm³/mol. The molecule has 1 aliphatic heterocycles. The van der Waals surface area contributed by atoms with Crippen molar-refractivity contribution in [3.63, 3.8) is 0 Å². The van der Waals surface area contributed by atoms with Crippen molar-refractivity contribution in [2.24, 2.45) is 0 Å². The number of carbonyl (C=O) groups excluding carboxylic acids is 1. The van der Waals surface area contributed by atoms with Gasteiger partial charge in [-0.3, -0.25) is 4.79 Å². The highest BCUT2D eigenvalue weighted by molar-refractivity contribution is 6.31. The van der Waals surface area contributed by atoms with Gasteiger partial charge in [-0.05, 0) is 42.7 Å². The van der Waals surface area contributed by atoms with Crippen LogP contribution in [0.2, 0.25) is 5.02 Å². The number of carbonyl (C=O) groups is 1. The summed E-state index contributed by atoms with van der Waals surface area (Å²) < 4.78 is 0. The van der Waals surface area contributed by atoms with Gasteiger partial charge in [0.05, 0.1) is 0 Å². The number of aryl methyl sites for hydroxylation is 2. The number of pyridine rings is 1. The molecule has 0 saturated carbocycles. The van der Waals surface area contributed by atoms with Crippen molar-refractivity contribution in [1.29, 1.82) is 0 Å². The first kappa shape index (κ1) is 16.8. The lowest BCUT2D eigenvalue weighted by Crippen LogP contribution is -2.49. The fourth-order valence-corrected chi connectivity index (χ4v) is 3.13. The van der Waals surface area contributed by atoms with Crippen molar-refractivity contribution in [2.45, 2.75) is 19.8 Å². The van der Waals surface area contributed by atoms with E-state index in [1.165, 1.54) is 0 Å². The molecule has 0 aliphatic carbocycles. The van der Waals surface area contributed by atoms with Crippen LogP contribution in [0.15, 0.2) is 42.6 Å². The molecule has 2 heterocycles. The number of nitrogens with zero attached hydrogens (tertiary/aromatic N) is 3. The number of hydrogen-bond acceptors (Lipinski definition) is 3. The summed E-state index contributed by atoms with van der Waals surface area (Å²) in [4.78, 5) is 21.0. The van der Waals surface area contributed by atoms with Gasteiger partial charge in [0, 0.05) is 43.8 Å². The number of rotatable bonds is 4. The molecular formula is C19H22ClN3O. The van der Waals surface area contributed by atoms with Gasteiger partial charge >= 0.3 is 0 Å². The van der Waals surface area contributed by atoms with Crippen molar-refractivity contribution >= 4 is 23.3 Å². The van der Waals surface area contributed by atoms with E-state index in [0.717, 1.165) is 54.6 Å². The quantitative estimate of drug-likeness (QED) is 0.854. The molecule has 0 spiro atoms. The highest BCUT2D eigenvalue weighted by Crippen LogP contribution is 2.18. The Balaban J connectivity index is 1.49. The molecule has 1 amide bonds. The van der Waals surface area contributed by atoms with Gasteiger partial charge in [-0.15, -0.1) is 0 Å². The van der Waals surface area contributed by atoms with Crippen LogP contribution in [-0.2, 0) is 11.2 Å². The average molecular weight is 344 g/mol. The summed E-state index contributed by atoms with van der Waals surface area (Å²) in [5, 5.41) is 0.768. The van der Waals surface area contributed by atoms with Gasteiger partial charge in [0.2, 0.25) is 5.91 Å². The molecule has 24 heavy (non-hydrogen) atoms. The number of hydrogen-bond donors (Lipinski definition) is 0. The maximum Gasteiger partial charge on any atom is 0.223 e. The highest BCUT2D eigenvalue weighted by atomic mass is 35.5. The number of aromatic nitrogens is 1. The van der Waals surface area contributed by atoms with E-state index in [-0.39, 0.29) is 5.91 Å². The Morgan fingerprint density at radius 3 is 2.62 bits per heavy atom. The van der Waals surface area contributed by atoms with Gasteiger partial charge in [0.25, 0.3) is 0 Å². The topological polar surface area (TPSA) is 36.4 Å². The molecular weight excluding hydrogens is 322 g/mol. The molecule has 1 saturated heterocycles. The molecule has 0 unspecified atom stereocenters. The molecule has 1 aromatic carbocycles. The lowest BCUT2D eigenvalue weighted by molar-refractivity contribution is -0.131. The second-order valence-corrected chi connectivity index (χ2v) is 6.55. The van der Waals surface area contributed by atoms with Crippen molar-refractivity contribution < 1.29 is 4.79 Å². The molecule has 4 nitrogen and oxygen atoms in total. The van der Waals surface area contributed by atoms with E-state index in [0.29, 0.717) is 6.42 Å². The summed E-state index contributed by atoms with van der Waals surface area (Å²) >= 11 is 6.15. The highest BCUT2D eigenvalue weighted by Gasteiger charge is 2.21. The van der Waals surface area contributed by atoms with E-state index in [9.17, 15) is 4.79 Å². The summed E-state index contributed by atoms with van der Waals surface area (Å²) in [5.41, 5.74) is 2.18. The minimum absolute atomic E-state index is 0.215. The largest absolute Gasteiger partial charge is 0.353 e. The first-order chi connectivity index (χ1) is 11.6. The molecule has 3 rings (SSSR count). The van der Waals surface area contributed by atoms with Crippen LogP contribution in [0.5, 0.6) is 0 Å². The number of anilines is 1. The molecule has 0 radical (unpaired) electrons. The van der Waals surface area contributed by atoms with Crippen molar-refractivity contribution in [3.8, 4) is 0 Å². The molecule has 5 heteroatoms. The Kier molecular flexibility index (Phi) is 5.36. The third kappa shape index (κ3) is 4.06. The van der Waals surface area contributed by atoms with Crippen molar-refractivity contribution in [2.75, 3.05) is 31.1 Å². The first-order valence-electron chi connectivity index (χ1n) is 8.32. The van der Waals surface area contributed by atoms with Gasteiger partial charge in [-0.1, -0.05) is 29.8 Å². The second-order valence-electron chi connectivity index (χ2n) is 6.14. The van der Waals surface area contributed by atoms with Crippen LogP contribution in [-0.4, -0.2) is 42.0 Å². The number of benzene rings is 1. The van der Waals surface area contributed by atoms with Gasteiger partial charge in [0.15, 0.2) is 0 Å². The summed E-state index contributed by atoms with van der Waals surface area (Å²) in [7, 11) is 0. The van der Waals surface area contributed by atoms with E-state index in [2.05, 4.69) is 9.88 Å². The molecule has 126 valence electrons. The zero-order valence-corrected chi connectivity index (χ0v) is 14.7. The van der Waals surface area contributed by atoms with E-state index < -0.39 is 0 Å². The van der Waals surface area contributed by atoms with E-state index in [1.54, 1.807) is 6.20 Å². The Labute approximate surface area is 148 Å². The minimum atomic E-state index is 0.215. The smallest absolute Gasteiger partial charge is 0.223 e. The third-order valence-electron chi connectivity index (χ3n) is 4.47. The van der Waals surface area contributed by atoms with Crippen molar-refractivity contribution in [3.05, 3.63) is 58.7 Å². The Bertz CT molecular complexity index is 697. The van der Waals surface area contributed by atoms with E-state index in [4.69, 9.17) is 11.6 Å². The molecule has 2 aromatic rings. The predicted octanol–water partition coefficient (Wildman–Crippen LogP) is 3.32. The lowest BCUT2D eigenvalue weighted by atomic mass is 10.1. The monoisotopic (exact) mass is 343 g/mol. The maximum atomic E-state index is 12.4. The number of piperazine rings is 1. The van der Waals surface area contributed by atoms with E-state index in [1.807, 2.05) is 48.2 Å². The van der Waals surface area contributed by atoms with Crippen LogP contribution in [0.1, 0.15) is 17.5 Å². The first-order valence-corrected chi connectivity index (χ1v) is 8.70. The van der Waals surface area contributed by atoms with Crippen LogP contribution in [0.25, 0.3) is 0 Å². The summed E-state index contributed by atoms with van der Waals surface area (Å²) in [6, 6.07) is 11.9. The van der Waals surface area contributed by atoms with Crippen molar-refractivity contribution in [1.82, 2.24) is 9.88 Å². The zero-order chi connectivity index (χ0) is 16.9. The van der Waals surface area contributed by atoms with Gasteiger partial charge in [-0.25, -0.2) is 4.98 Å². The van der Waals surface area contributed by atoms with Gasteiger partial charge < -0.3 is 9.80 Å². The fourth-order valence-electron chi connectivity index (χ4n) is 2.93. The Hall–Kier alpha value is -2.07. The van der Waals surface area contributed by atoms with Gasteiger partial charge in [0.1, 0.15) is 5.82 Å².